The van der Waals surface area contributed by atoms with E-state index in [9.17, 15) is 4.39 Å². The van der Waals surface area contributed by atoms with Gasteiger partial charge in [0, 0.05) is 0 Å². The van der Waals surface area contributed by atoms with Crippen LogP contribution in [0.15, 0.2) is 22.7 Å². The summed E-state index contributed by atoms with van der Waals surface area (Å²) < 4.78 is 13.9. The molecule has 0 bridgehead atoms. The van der Waals surface area contributed by atoms with Gasteiger partial charge >= 0.3 is 0 Å². The minimum Gasteiger partial charge on any atom is -0.316 e. The van der Waals surface area contributed by atoms with Crippen molar-refractivity contribution in [3.63, 3.8) is 0 Å². The summed E-state index contributed by atoms with van der Waals surface area (Å²) in [5.74, 6) is 0.535. The van der Waals surface area contributed by atoms with Crippen LogP contribution in [-0.2, 0) is 6.42 Å². The maximum atomic E-state index is 13.2. The molecule has 0 atom stereocenters. The second-order valence-electron chi connectivity index (χ2n) is 4.77. The first kappa shape index (κ1) is 14.7. The van der Waals surface area contributed by atoms with Crippen LogP contribution in [0.1, 0.15) is 32.3 Å². The van der Waals surface area contributed by atoms with E-state index in [2.05, 4.69) is 35.1 Å². The quantitative estimate of drug-likeness (QED) is 0.746. The highest BCUT2D eigenvalue weighted by molar-refractivity contribution is 9.10. The lowest BCUT2D eigenvalue weighted by atomic mass is 10.1. The van der Waals surface area contributed by atoms with Crippen molar-refractivity contribution in [3.8, 4) is 0 Å². The van der Waals surface area contributed by atoms with E-state index in [0.29, 0.717) is 10.4 Å². The molecule has 96 valence electrons. The van der Waals surface area contributed by atoms with Gasteiger partial charge in [0.05, 0.1) is 4.47 Å². The first-order valence-corrected chi connectivity index (χ1v) is 7.04. The molecule has 0 saturated carbocycles. The molecule has 0 aromatic heterocycles. The Morgan fingerprint density at radius 1 is 1.29 bits per heavy atom. The molecule has 0 fully saturated rings. The van der Waals surface area contributed by atoms with Crippen LogP contribution in [0, 0.1) is 11.7 Å². The van der Waals surface area contributed by atoms with E-state index in [-0.39, 0.29) is 5.82 Å². The van der Waals surface area contributed by atoms with Crippen molar-refractivity contribution in [1.29, 1.82) is 0 Å². The van der Waals surface area contributed by atoms with Crippen molar-refractivity contribution < 1.29 is 4.39 Å². The zero-order chi connectivity index (χ0) is 12.7. The monoisotopic (exact) mass is 301 g/mol. The molecular weight excluding hydrogens is 281 g/mol. The second kappa shape index (κ2) is 7.83. The first-order chi connectivity index (χ1) is 8.11. The summed E-state index contributed by atoms with van der Waals surface area (Å²) in [5, 5.41) is 3.41. The fraction of sp³-hybridized carbons (Fsp3) is 0.571. The summed E-state index contributed by atoms with van der Waals surface area (Å²) >= 11 is 3.29. The fourth-order valence-electron chi connectivity index (χ4n) is 1.70. The van der Waals surface area contributed by atoms with Crippen molar-refractivity contribution in [3.05, 3.63) is 34.1 Å². The van der Waals surface area contributed by atoms with Crippen LogP contribution in [0.4, 0.5) is 4.39 Å². The van der Waals surface area contributed by atoms with E-state index in [1.165, 1.54) is 6.07 Å². The zero-order valence-electron chi connectivity index (χ0n) is 10.6. The van der Waals surface area contributed by atoms with Crippen LogP contribution >= 0.6 is 15.9 Å². The smallest absolute Gasteiger partial charge is 0.137 e. The van der Waals surface area contributed by atoms with Gasteiger partial charge in [0.1, 0.15) is 5.82 Å². The minimum absolute atomic E-state index is 0.166. The zero-order valence-corrected chi connectivity index (χ0v) is 12.2. The number of hydrogen-bond acceptors (Lipinski definition) is 1. The molecule has 0 radical (unpaired) electrons. The molecule has 0 spiro atoms. The van der Waals surface area contributed by atoms with Crippen molar-refractivity contribution in [2.45, 2.75) is 33.1 Å². The van der Waals surface area contributed by atoms with Gasteiger partial charge in [-0.25, -0.2) is 4.39 Å². The third kappa shape index (κ3) is 5.64. The highest BCUT2D eigenvalue weighted by atomic mass is 79.9. The van der Waals surface area contributed by atoms with Crippen molar-refractivity contribution in [1.82, 2.24) is 5.32 Å². The lowest BCUT2D eigenvalue weighted by molar-refractivity contribution is 0.535. The summed E-state index contributed by atoms with van der Waals surface area (Å²) in [7, 11) is 0. The number of hydrogen-bond donors (Lipinski definition) is 1. The summed E-state index contributed by atoms with van der Waals surface area (Å²) in [6, 6.07) is 5.24. The molecule has 17 heavy (non-hydrogen) atoms. The van der Waals surface area contributed by atoms with E-state index < -0.39 is 0 Å². The summed E-state index contributed by atoms with van der Waals surface area (Å²) in [5.41, 5.74) is 1.06. The average molecular weight is 302 g/mol. The molecule has 0 unspecified atom stereocenters. The second-order valence-corrected chi connectivity index (χ2v) is 5.56. The molecule has 1 nitrogen and oxygen atoms in total. The van der Waals surface area contributed by atoms with Gasteiger partial charge in [-0.2, -0.15) is 0 Å². The van der Waals surface area contributed by atoms with Crippen molar-refractivity contribution >= 4 is 15.9 Å². The Kier molecular flexibility index (Phi) is 6.75. The topological polar surface area (TPSA) is 12.0 Å². The van der Waals surface area contributed by atoms with E-state index in [1.807, 2.05) is 6.07 Å². The highest BCUT2D eigenvalue weighted by Gasteiger charge is 2.04. The van der Waals surface area contributed by atoms with Gasteiger partial charge in [-0.05, 0) is 65.8 Å². The Morgan fingerprint density at radius 2 is 2.06 bits per heavy atom. The summed E-state index contributed by atoms with van der Waals surface area (Å²) in [4.78, 5) is 0. The summed E-state index contributed by atoms with van der Waals surface area (Å²) in [6.07, 6.45) is 3.16. The third-order valence-electron chi connectivity index (χ3n) is 2.63. The Balaban J connectivity index is 2.20. The predicted molar refractivity (Wildman–Crippen MR) is 74.7 cm³/mol. The van der Waals surface area contributed by atoms with Gasteiger partial charge in [0.2, 0.25) is 0 Å². The molecular formula is C14H21BrFN. The van der Waals surface area contributed by atoms with Crippen LogP contribution in [-0.4, -0.2) is 13.1 Å². The van der Waals surface area contributed by atoms with E-state index in [4.69, 9.17) is 0 Å². The molecule has 1 rings (SSSR count). The first-order valence-electron chi connectivity index (χ1n) is 6.25. The minimum atomic E-state index is -0.166. The standard InChI is InChI=1S/C14H21BrFN/c1-11(2)10-17-9-4-3-6-12-7-5-8-13(16)14(12)15/h5,7-8,11,17H,3-4,6,9-10H2,1-2H3. The van der Waals surface area contributed by atoms with Crippen LogP contribution in [0.5, 0.6) is 0 Å². The SMILES string of the molecule is CC(C)CNCCCCc1cccc(F)c1Br. The van der Waals surface area contributed by atoms with E-state index in [0.717, 1.165) is 37.9 Å². The van der Waals surface area contributed by atoms with Gasteiger partial charge in [-0.15, -0.1) is 0 Å². The van der Waals surface area contributed by atoms with Crippen molar-refractivity contribution in [2.24, 2.45) is 5.92 Å². The number of rotatable bonds is 7. The van der Waals surface area contributed by atoms with Gasteiger partial charge in [-0.1, -0.05) is 26.0 Å². The van der Waals surface area contributed by atoms with Gasteiger partial charge < -0.3 is 5.32 Å². The van der Waals surface area contributed by atoms with Crippen LogP contribution in [0.25, 0.3) is 0 Å². The van der Waals surface area contributed by atoms with Gasteiger partial charge in [0.25, 0.3) is 0 Å². The lowest BCUT2D eigenvalue weighted by Crippen LogP contribution is -2.20. The number of benzene rings is 1. The molecule has 0 saturated heterocycles. The van der Waals surface area contributed by atoms with Crippen LogP contribution in [0.3, 0.4) is 0 Å². The Bertz CT molecular complexity index is 339. The van der Waals surface area contributed by atoms with Gasteiger partial charge in [0.15, 0.2) is 0 Å². The number of nitrogens with one attached hydrogen (secondary N) is 1. The fourth-order valence-corrected chi connectivity index (χ4v) is 2.16. The molecule has 0 aliphatic rings. The Hall–Kier alpha value is -0.410. The van der Waals surface area contributed by atoms with Crippen LogP contribution < -0.4 is 5.32 Å². The molecule has 0 heterocycles. The Labute approximate surface area is 112 Å². The highest BCUT2D eigenvalue weighted by Crippen LogP contribution is 2.21. The maximum Gasteiger partial charge on any atom is 0.137 e. The third-order valence-corrected chi connectivity index (χ3v) is 3.52. The summed E-state index contributed by atoms with van der Waals surface area (Å²) in [6.45, 7) is 6.53. The number of aryl methyl sites for hydroxylation is 1. The number of unbranched alkanes of at least 4 members (excludes halogenated alkanes) is 1. The normalized spacial score (nSPS) is 11.1. The van der Waals surface area contributed by atoms with E-state index in [1.54, 1.807) is 6.07 Å². The number of halogens is 2. The Morgan fingerprint density at radius 3 is 2.76 bits per heavy atom. The van der Waals surface area contributed by atoms with Crippen LogP contribution in [0.2, 0.25) is 0 Å². The molecule has 1 aromatic carbocycles. The molecule has 0 aliphatic carbocycles. The largest absolute Gasteiger partial charge is 0.316 e. The van der Waals surface area contributed by atoms with Crippen molar-refractivity contribution in [2.75, 3.05) is 13.1 Å². The lowest BCUT2D eigenvalue weighted by Gasteiger charge is -2.08. The predicted octanol–water partition coefficient (Wildman–Crippen LogP) is 4.16. The molecule has 1 aromatic rings. The molecule has 0 amide bonds. The van der Waals surface area contributed by atoms with E-state index >= 15 is 0 Å². The molecule has 1 N–H and O–H groups in total. The molecule has 0 aliphatic heterocycles. The maximum absolute atomic E-state index is 13.2. The molecule has 3 heteroatoms. The average Bonchev–Trinajstić information content (AvgIpc) is 2.28. The van der Waals surface area contributed by atoms with Gasteiger partial charge in [-0.3, -0.25) is 0 Å².